The molecule has 0 aromatic heterocycles. The van der Waals surface area contributed by atoms with Crippen LogP contribution in [0.5, 0.6) is 0 Å². The number of rotatable bonds is 5. The second-order valence-electron chi connectivity index (χ2n) is 4.81. The Labute approximate surface area is 140 Å². The van der Waals surface area contributed by atoms with Crippen molar-refractivity contribution >= 4 is 43.0 Å². The van der Waals surface area contributed by atoms with Crippen LogP contribution in [0.1, 0.15) is 0 Å². The van der Waals surface area contributed by atoms with Gasteiger partial charge in [0.25, 0.3) is 10.0 Å². The zero-order chi connectivity index (χ0) is 17.3. The van der Waals surface area contributed by atoms with E-state index in [-0.39, 0.29) is 21.3 Å². The van der Waals surface area contributed by atoms with E-state index in [1.165, 1.54) is 37.4 Å². The maximum Gasteiger partial charge on any atom is 0.262 e. The standard InChI is InChI=1S/C14H15ClN2O4S2/c1-17(22(2,18)19)14-9-4-3-8-13(14)16-23(20,21)12-7-5-6-11(15)10-12/h3-10,16H,1-2H3. The van der Waals surface area contributed by atoms with E-state index in [1.807, 2.05) is 0 Å². The van der Waals surface area contributed by atoms with Gasteiger partial charge in [-0.1, -0.05) is 29.8 Å². The monoisotopic (exact) mass is 374 g/mol. The van der Waals surface area contributed by atoms with Gasteiger partial charge in [0, 0.05) is 12.1 Å². The molecular weight excluding hydrogens is 360 g/mol. The lowest BCUT2D eigenvalue weighted by Gasteiger charge is -2.20. The summed E-state index contributed by atoms with van der Waals surface area (Å²) >= 11 is 5.82. The van der Waals surface area contributed by atoms with Gasteiger partial charge in [-0.25, -0.2) is 16.8 Å². The van der Waals surface area contributed by atoms with Crippen LogP contribution in [0.15, 0.2) is 53.4 Å². The third-order valence-electron chi connectivity index (χ3n) is 3.09. The molecule has 0 amide bonds. The van der Waals surface area contributed by atoms with Crippen molar-refractivity contribution in [3.8, 4) is 0 Å². The third kappa shape index (κ3) is 4.15. The molecule has 0 radical (unpaired) electrons. The zero-order valence-corrected chi connectivity index (χ0v) is 14.8. The average molecular weight is 375 g/mol. The minimum Gasteiger partial charge on any atom is -0.277 e. The molecule has 124 valence electrons. The smallest absolute Gasteiger partial charge is 0.262 e. The first kappa shape index (κ1) is 17.6. The number of sulfonamides is 2. The van der Waals surface area contributed by atoms with Gasteiger partial charge in [-0.2, -0.15) is 0 Å². The van der Waals surface area contributed by atoms with Crippen molar-refractivity contribution in [1.29, 1.82) is 0 Å². The highest BCUT2D eigenvalue weighted by Gasteiger charge is 2.20. The van der Waals surface area contributed by atoms with E-state index in [0.717, 1.165) is 10.6 Å². The Morgan fingerprint density at radius 1 is 1.00 bits per heavy atom. The predicted molar refractivity (Wildman–Crippen MR) is 91.9 cm³/mol. The van der Waals surface area contributed by atoms with Gasteiger partial charge >= 0.3 is 0 Å². The molecule has 2 rings (SSSR count). The van der Waals surface area contributed by atoms with Gasteiger partial charge in [0.15, 0.2) is 0 Å². The average Bonchev–Trinajstić information content (AvgIpc) is 2.46. The molecule has 0 spiro atoms. The minimum atomic E-state index is -3.89. The van der Waals surface area contributed by atoms with Crippen molar-refractivity contribution in [3.05, 3.63) is 53.6 Å². The van der Waals surface area contributed by atoms with Crippen molar-refractivity contribution in [1.82, 2.24) is 0 Å². The predicted octanol–water partition coefficient (Wildman–Crippen LogP) is 2.54. The number of para-hydroxylation sites is 2. The Balaban J connectivity index is 2.45. The molecule has 2 aromatic carbocycles. The van der Waals surface area contributed by atoms with Crippen molar-refractivity contribution in [2.45, 2.75) is 4.90 Å². The summed E-state index contributed by atoms with van der Waals surface area (Å²) in [5.74, 6) is 0. The van der Waals surface area contributed by atoms with Crippen LogP contribution in [0.25, 0.3) is 0 Å². The number of hydrogen-bond acceptors (Lipinski definition) is 4. The highest BCUT2D eigenvalue weighted by molar-refractivity contribution is 7.93. The topological polar surface area (TPSA) is 83.6 Å². The van der Waals surface area contributed by atoms with Crippen LogP contribution in [0.3, 0.4) is 0 Å². The second kappa shape index (κ2) is 6.38. The lowest BCUT2D eigenvalue weighted by Crippen LogP contribution is -2.26. The quantitative estimate of drug-likeness (QED) is 0.871. The fourth-order valence-corrected chi connectivity index (χ4v) is 3.74. The van der Waals surface area contributed by atoms with E-state index in [1.54, 1.807) is 18.2 Å². The fraction of sp³-hybridized carbons (Fsp3) is 0.143. The molecule has 0 atom stereocenters. The largest absolute Gasteiger partial charge is 0.277 e. The number of halogens is 1. The van der Waals surface area contributed by atoms with Gasteiger partial charge in [-0.05, 0) is 30.3 Å². The molecule has 0 aliphatic rings. The van der Waals surface area contributed by atoms with Crippen LogP contribution in [0.2, 0.25) is 5.02 Å². The Hall–Kier alpha value is -1.77. The van der Waals surface area contributed by atoms with E-state index in [4.69, 9.17) is 11.6 Å². The number of nitrogens with one attached hydrogen (secondary N) is 1. The fourth-order valence-electron chi connectivity index (χ4n) is 1.85. The summed E-state index contributed by atoms with van der Waals surface area (Å²) < 4.78 is 51.7. The zero-order valence-electron chi connectivity index (χ0n) is 12.4. The van der Waals surface area contributed by atoms with Crippen LogP contribution in [0, 0.1) is 0 Å². The highest BCUT2D eigenvalue weighted by atomic mass is 35.5. The molecule has 0 heterocycles. The van der Waals surface area contributed by atoms with Gasteiger partial charge in [-0.15, -0.1) is 0 Å². The number of anilines is 2. The molecule has 0 aliphatic heterocycles. The first-order chi connectivity index (χ1) is 10.6. The van der Waals surface area contributed by atoms with Crippen LogP contribution in [-0.2, 0) is 20.0 Å². The highest BCUT2D eigenvalue weighted by Crippen LogP contribution is 2.29. The first-order valence-electron chi connectivity index (χ1n) is 6.42. The number of benzene rings is 2. The number of nitrogens with zero attached hydrogens (tertiary/aromatic N) is 1. The normalized spacial score (nSPS) is 12.0. The SMILES string of the molecule is CN(c1ccccc1NS(=O)(=O)c1cccc(Cl)c1)S(C)(=O)=O. The van der Waals surface area contributed by atoms with E-state index in [0.29, 0.717) is 0 Å². The van der Waals surface area contributed by atoms with E-state index >= 15 is 0 Å². The molecule has 0 saturated heterocycles. The van der Waals surface area contributed by atoms with Gasteiger partial charge in [-0.3, -0.25) is 9.03 Å². The Morgan fingerprint density at radius 2 is 1.65 bits per heavy atom. The number of hydrogen-bond donors (Lipinski definition) is 1. The maximum atomic E-state index is 12.4. The molecule has 0 aliphatic carbocycles. The molecular formula is C14H15ClN2O4S2. The summed E-state index contributed by atoms with van der Waals surface area (Å²) in [6, 6.07) is 12.0. The summed E-state index contributed by atoms with van der Waals surface area (Å²) in [6.07, 6.45) is 1.04. The lowest BCUT2D eigenvalue weighted by molar-refractivity contribution is 0.598. The summed E-state index contributed by atoms with van der Waals surface area (Å²) in [4.78, 5) is -0.0122. The molecule has 9 heteroatoms. The van der Waals surface area contributed by atoms with Crippen LogP contribution in [0.4, 0.5) is 11.4 Å². The molecule has 1 N–H and O–H groups in total. The van der Waals surface area contributed by atoms with E-state index in [2.05, 4.69) is 4.72 Å². The molecule has 0 saturated carbocycles. The lowest BCUT2D eigenvalue weighted by atomic mass is 10.3. The molecule has 23 heavy (non-hydrogen) atoms. The van der Waals surface area contributed by atoms with Crippen LogP contribution in [-0.4, -0.2) is 30.1 Å². The molecule has 0 bridgehead atoms. The molecule has 0 fully saturated rings. The summed E-state index contributed by atoms with van der Waals surface area (Å²) in [5, 5.41) is 0.286. The first-order valence-corrected chi connectivity index (χ1v) is 10.1. The summed E-state index contributed by atoms with van der Waals surface area (Å²) in [5.41, 5.74) is 0.376. The summed E-state index contributed by atoms with van der Waals surface area (Å²) in [6.45, 7) is 0. The molecule has 2 aromatic rings. The van der Waals surface area contributed by atoms with E-state index in [9.17, 15) is 16.8 Å². The van der Waals surface area contributed by atoms with Gasteiger partial charge in [0.05, 0.1) is 22.5 Å². The molecule has 0 unspecified atom stereocenters. The van der Waals surface area contributed by atoms with Gasteiger partial charge < -0.3 is 0 Å². The minimum absolute atomic E-state index is 0.0122. The van der Waals surface area contributed by atoms with Crippen molar-refractivity contribution in [2.24, 2.45) is 0 Å². The van der Waals surface area contributed by atoms with Crippen LogP contribution < -0.4 is 9.03 Å². The Kier molecular flexibility index (Phi) is 4.88. The Bertz CT molecular complexity index is 927. The maximum absolute atomic E-state index is 12.4. The van der Waals surface area contributed by atoms with Crippen molar-refractivity contribution < 1.29 is 16.8 Å². The van der Waals surface area contributed by atoms with Gasteiger partial charge in [0.1, 0.15) is 0 Å². The second-order valence-corrected chi connectivity index (χ2v) is 8.94. The summed E-state index contributed by atoms with van der Waals surface area (Å²) in [7, 11) is -6.07. The Morgan fingerprint density at radius 3 is 2.26 bits per heavy atom. The third-order valence-corrected chi connectivity index (χ3v) is 5.88. The van der Waals surface area contributed by atoms with Crippen molar-refractivity contribution in [3.63, 3.8) is 0 Å². The van der Waals surface area contributed by atoms with Crippen molar-refractivity contribution in [2.75, 3.05) is 22.3 Å². The van der Waals surface area contributed by atoms with Crippen LogP contribution >= 0.6 is 11.6 Å². The van der Waals surface area contributed by atoms with Gasteiger partial charge in [0.2, 0.25) is 10.0 Å². The van der Waals surface area contributed by atoms with E-state index < -0.39 is 20.0 Å². The molecule has 6 nitrogen and oxygen atoms in total.